The van der Waals surface area contributed by atoms with Crippen molar-refractivity contribution in [3.8, 4) is 6.07 Å². The van der Waals surface area contributed by atoms with Crippen LogP contribution in [0.1, 0.15) is 77.0 Å². The molecule has 1 N–H and O–H groups in total. The molecule has 0 saturated heterocycles. The summed E-state index contributed by atoms with van der Waals surface area (Å²) in [4.78, 5) is 12.4. The Morgan fingerprint density at radius 2 is 1.81 bits per heavy atom. The second-order valence-electron chi connectivity index (χ2n) is 7.65. The van der Waals surface area contributed by atoms with E-state index in [1.165, 1.54) is 44.9 Å². The maximum absolute atomic E-state index is 12.4. The molecule has 0 aromatic carbocycles. The standard InChI is InChI=1S/C18H28N2O/c19-13-18(8-4-2-1-3-5-9-18)20-17(21)12-16-11-14-6-7-15(16)10-14/h14-16H,1-12H2,(H,20,21). The van der Waals surface area contributed by atoms with E-state index < -0.39 is 5.54 Å². The van der Waals surface area contributed by atoms with Crippen LogP contribution >= 0.6 is 0 Å². The molecular formula is C18H28N2O. The fraction of sp³-hybridized carbons (Fsp3) is 0.889. The van der Waals surface area contributed by atoms with E-state index in [9.17, 15) is 10.1 Å². The fourth-order valence-corrected chi connectivity index (χ4v) is 4.96. The predicted octanol–water partition coefficient (Wildman–Crippen LogP) is 3.94. The number of fused-ring (bicyclic) bond motifs is 2. The topological polar surface area (TPSA) is 52.9 Å². The van der Waals surface area contributed by atoms with E-state index in [1.807, 2.05) is 0 Å². The zero-order valence-corrected chi connectivity index (χ0v) is 13.1. The third-order valence-electron chi connectivity index (χ3n) is 6.13. The number of rotatable bonds is 3. The first-order valence-electron chi connectivity index (χ1n) is 8.93. The summed E-state index contributed by atoms with van der Waals surface area (Å²) in [6.45, 7) is 0. The Balaban J connectivity index is 1.55. The van der Waals surface area contributed by atoms with Crippen molar-refractivity contribution >= 4 is 5.91 Å². The molecular weight excluding hydrogens is 260 g/mol. The number of hydrogen-bond acceptors (Lipinski definition) is 2. The van der Waals surface area contributed by atoms with Gasteiger partial charge in [-0.15, -0.1) is 0 Å². The molecule has 3 fully saturated rings. The maximum atomic E-state index is 12.4. The molecule has 3 atom stereocenters. The Labute approximate surface area is 128 Å². The van der Waals surface area contributed by atoms with Crippen molar-refractivity contribution in [2.75, 3.05) is 0 Å². The third kappa shape index (κ3) is 3.42. The third-order valence-corrected chi connectivity index (χ3v) is 6.13. The predicted molar refractivity (Wildman–Crippen MR) is 82.4 cm³/mol. The summed E-state index contributed by atoms with van der Waals surface area (Å²) in [6, 6.07) is 2.44. The van der Waals surface area contributed by atoms with Crippen LogP contribution in [0.25, 0.3) is 0 Å². The van der Waals surface area contributed by atoms with Gasteiger partial charge in [0.2, 0.25) is 5.91 Å². The van der Waals surface area contributed by atoms with Crippen LogP contribution in [0.2, 0.25) is 0 Å². The van der Waals surface area contributed by atoms with Gasteiger partial charge in [0.25, 0.3) is 0 Å². The van der Waals surface area contributed by atoms with E-state index in [0.29, 0.717) is 12.3 Å². The molecule has 3 heteroatoms. The van der Waals surface area contributed by atoms with Gasteiger partial charge in [0.15, 0.2) is 0 Å². The van der Waals surface area contributed by atoms with Gasteiger partial charge in [0.1, 0.15) is 5.54 Å². The Hall–Kier alpha value is -1.04. The second-order valence-corrected chi connectivity index (χ2v) is 7.65. The number of hydrogen-bond donors (Lipinski definition) is 1. The normalized spacial score (nSPS) is 34.7. The summed E-state index contributed by atoms with van der Waals surface area (Å²) in [6.07, 6.45) is 13.5. The van der Waals surface area contributed by atoms with Crippen LogP contribution in [-0.4, -0.2) is 11.4 Å². The zero-order valence-electron chi connectivity index (χ0n) is 13.1. The molecule has 3 nitrogen and oxygen atoms in total. The van der Waals surface area contributed by atoms with Gasteiger partial charge < -0.3 is 5.32 Å². The van der Waals surface area contributed by atoms with E-state index in [2.05, 4.69) is 11.4 Å². The molecule has 2 bridgehead atoms. The van der Waals surface area contributed by atoms with Gasteiger partial charge in [-0.25, -0.2) is 0 Å². The van der Waals surface area contributed by atoms with Crippen molar-refractivity contribution in [3.05, 3.63) is 0 Å². The van der Waals surface area contributed by atoms with Gasteiger partial charge in [0, 0.05) is 6.42 Å². The van der Waals surface area contributed by atoms with Gasteiger partial charge in [0.05, 0.1) is 6.07 Å². The summed E-state index contributed by atoms with van der Waals surface area (Å²) in [5, 5.41) is 12.7. The number of carbonyl (C=O) groups excluding carboxylic acids is 1. The highest BCUT2D eigenvalue weighted by atomic mass is 16.1. The Morgan fingerprint density at radius 1 is 1.10 bits per heavy atom. The van der Waals surface area contributed by atoms with Crippen molar-refractivity contribution in [1.29, 1.82) is 5.26 Å². The number of nitrogens with one attached hydrogen (secondary N) is 1. The number of nitrogens with zero attached hydrogens (tertiary/aromatic N) is 1. The first-order valence-corrected chi connectivity index (χ1v) is 8.93. The summed E-state index contributed by atoms with van der Waals surface area (Å²) in [5.41, 5.74) is -0.574. The molecule has 3 rings (SSSR count). The monoisotopic (exact) mass is 288 g/mol. The van der Waals surface area contributed by atoms with Crippen molar-refractivity contribution < 1.29 is 4.79 Å². The van der Waals surface area contributed by atoms with E-state index in [-0.39, 0.29) is 5.91 Å². The minimum Gasteiger partial charge on any atom is -0.338 e. The Bertz CT molecular complexity index is 417. The highest BCUT2D eigenvalue weighted by Gasteiger charge is 2.41. The smallest absolute Gasteiger partial charge is 0.221 e. The largest absolute Gasteiger partial charge is 0.338 e. The minimum atomic E-state index is -0.574. The van der Waals surface area contributed by atoms with Crippen LogP contribution in [0.4, 0.5) is 0 Å². The lowest BCUT2D eigenvalue weighted by molar-refractivity contribution is -0.124. The lowest BCUT2D eigenvalue weighted by atomic mass is 9.83. The van der Waals surface area contributed by atoms with Crippen LogP contribution < -0.4 is 5.32 Å². The van der Waals surface area contributed by atoms with Crippen molar-refractivity contribution in [1.82, 2.24) is 5.32 Å². The van der Waals surface area contributed by atoms with E-state index in [0.717, 1.165) is 37.5 Å². The van der Waals surface area contributed by atoms with Crippen molar-refractivity contribution in [2.24, 2.45) is 17.8 Å². The maximum Gasteiger partial charge on any atom is 0.221 e. The summed E-state index contributed by atoms with van der Waals surface area (Å²) in [7, 11) is 0. The Kier molecular flexibility index (Phi) is 4.52. The zero-order chi connectivity index (χ0) is 14.7. The summed E-state index contributed by atoms with van der Waals surface area (Å²) in [5.74, 6) is 2.40. The highest BCUT2D eigenvalue weighted by Crippen LogP contribution is 2.49. The SMILES string of the molecule is N#CC1(NC(=O)CC2CC3CCC2C3)CCCCCCC1. The van der Waals surface area contributed by atoms with E-state index in [4.69, 9.17) is 0 Å². The minimum absolute atomic E-state index is 0.134. The van der Waals surface area contributed by atoms with Gasteiger partial charge in [-0.05, 0) is 49.9 Å². The first-order chi connectivity index (χ1) is 10.2. The van der Waals surface area contributed by atoms with Crippen molar-refractivity contribution in [3.63, 3.8) is 0 Å². The molecule has 0 radical (unpaired) electrons. The molecule has 3 aliphatic rings. The molecule has 0 spiro atoms. The van der Waals surface area contributed by atoms with Crippen LogP contribution in [0, 0.1) is 29.1 Å². The molecule has 21 heavy (non-hydrogen) atoms. The number of amides is 1. The average Bonchev–Trinajstić information content (AvgIpc) is 3.04. The van der Waals surface area contributed by atoms with Crippen LogP contribution in [0.3, 0.4) is 0 Å². The number of carbonyl (C=O) groups is 1. The lowest BCUT2D eigenvalue weighted by Crippen LogP contribution is -2.48. The molecule has 116 valence electrons. The highest BCUT2D eigenvalue weighted by molar-refractivity contribution is 5.77. The summed E-state index contributed by atoms with van der Waals surface area (Å²) >= 11 is 0. The quantitative estimate of drug-likeness (QED) is 0.855. The lowest BCUT2D eigenvalue weighted by Gasteiger charge is -2.31. The van der Waals surface area contributed by atoms with E-state index in [1.54, 1.807) is 0 Å². The van der Waals surface area contributed by atoms with Gasteiger partial charge >= 0.3 is 0 Å². The molecule has 0 aromatic heterocycles. The molecule has 3 unspecified atom stereocenters. The summed E-state index contributed by atoms with van der Waals surface area (Å²) < 4.78 is 0. The Morgan fingerprint density at radius 3 is 2.38 bits per heavy atom. The first kappa shape index (κ1) is 14.9. The molecule has 3 aliphatic carbocycles. The molecule has 1 amide bonds. The average molecular weight is 288 g/mol. The van der Waals surface area contributed by atoms with Gasteiger partial charge in [-0.3, -0.25) is 4.79 Å². The molecule has 0 aromatic rings. The van der Waals surface area contributed by atoms with Crippen LogP contribution in [0.15, 0.2) is 0 Å². The van der Waals surface area contributed by atoms with Gasteiger partial charge in [-0.1, -0.05) is 38.5 Å². The fourth-order valence-electron chi connectivity index (χ4n) is 4.96. The van der Waals surface area contributed by atoms with Crippen LogP contribution in [-0.2, 0) is 4.79 Å². The van der Waals surface area contributed by atoms with Crippen molar-refractivity contribution in [2.45, 2.75) is 82.6 Å². The second kappa shape index (κ2) is 6.38. The molecule has 3 saturated carbocycles. The molecule has 0 heterocycles. The van der Waals surface area contributed by atoms with Crippen LogP contribution in [0.5, 0.6) is 0 Å². The molecule has 0 aliphatic heterocycles. The van der Waals surface area contributed by atoms with Gasteiger partial charge in [-0.2, -0.15) is 5.26 Å². The van der Waals surface area contributed by atoms with E-state index >= 15 is 0 Å². The number of nitriles is 1.